The number of rotatable bonds is 10. The van der Waals surface area contributed by atoms with Crippen LogP contribution < -0.4 is 15.5 Å². The number of benzene rings is 1. The van der Waals surface area contributed by atoms with E-state index in [0.717, 1.165) is 53.6 Å². The Labute approximate surface area is 246 Å². The van der Waals surface area contributed by atoms with E-state index in [4.69, 9.17) is 4.98 Å². The van der Waals surface area contributed by atoms with E-state index in [2.05, 4.69) is 30.4 Å². The number of aromatic nitrogens is 3. The molecule has 0 aliphatic carbocycles. The van der Waals surface area contributed by atoms with Crippen molar-refractivity contribution < 1.29 is 13.5 Å². The fourth-order valence-electron chi connectivity index (χ4n) is 5.16. The molecule has 4 heterocycles. The standard InChI is InChI=1S/C28H38N8O3S2/c1-5-36(6-2)41(38,39)22-14-19(3)13-21(16-22)27-31-23-17-25(29-18-24(23)40-27)32-26-15-20(4)30-28(33-26)35-9-7-34(8-10-35)11-12-37/h13-18,27,31,37H,5-12H2,1-4H3,(H,29,30,32,33). The first-order chi connectivity index (χ1) is 19.7. The third-order valence-corrected chi connectivity index (χ3v) is 10.5. The number of pyridine rings is 1. The summed E-state index contributed by atoms with van der Waals surface area (Å²) in [5, 5.41) is 15.9. The Kier molecular flexibility index (Phi) is 9.00. The minimum Gasteiger partial charge on any atom is -0.395 e. The number of anilines is 4. The third-order valence-electron chi connectivity index (χ3n) is 7.29. The number of β-amino-alcohol motifs (C(OH)–C–C–N with tert-alkyl or cyclic N) is 1. The number of nitrogens with zero attached hydrogens (tertiary/aromatic N) is 6. The first-order valence-electron chi connectivity index (χ1n) is 14.0. The highest BCUT2D eigenvalue weighted by molar-refractivity contribution is 8.00. The van der Waals surface area contributed by atoms with Gasteiger partial charge in [0, 0.05) is 69.8 Å². The Hall–Kier alpha value is -2.97. The van der Waals surface area contributed by atoms with Gasteiger partial charge in [-0.05, 0) is 37.1 Å². The zero-order valence-electron chi connectivity index (χ0n) is 24.0. The molecule has 3 aromatic rings. The maximum atomic E-state index is 13.2. The Morgan fingerprint density at radius 2 is 1.80 bits per heavy atom. The average Bonchev–Trinajstić information content (AvgIpc) is 3.37. The van der Waals surface area contributed by atoms with E-state index in [1.807, 2.05) is 52.1 Å². The molecule has 1 aromatic carbocycles. The van der Waals surface area contributed by atoms with Gasteiger partial charge in [0.05, 0.1) is 22.1 Å². The van der Waals surface area contributed by atoms with Gasteiger partial charge in [-0.1, -0.05) is 31.7 Å². The predicted octanol–water partition coefficient (Wildman–Crippen LogP) is 3.59. The Balaban J connectivity index is 1.31. The number of nitrogens with one attached hydrogen (secondary N) is 2. The van der Waals surface area contributed by atoms with Gasteiger partial charge in [-0.15, -0.1) is 0 Å². The molecule has 0 spiro atoms. The maximum absolute atomic E-state index is 13.2. The van der Waals surface area contributed by atoms with Crippen molar-refractivity contribution >= 4 is 45.1 Å². The molecule has 41 heavy (non-hydrogen) atoms. The summed E-state index contributed by atoms with van der Waals surface area (Å²) in [6.45, 7) is 12.6. The van der Waals surface area contributed by atoms with E-state index in [0.29, 0.717) is 42.1 Å². The number of aliphatic hydroxyl groups excluding tert-OH is 1. The van der Waals surface area contributed by atoms with Crippen molar-refractivity contribution in [2.45, 2.75) is 42.9 Å². The molecule has 0 saturated carbocycles. The number of aliphatic hydroxyl groups is 1. The van der Waals surface area contributed by atoms with Gasteiger partial charge in [-0.3, -0.25) is 4.90 Å². The minimum atomic E-state index is -3.56. The van der Waals surface area contributed by atoms with Crippen LogP contribution in [0.5, 0.6) is 0 Å². The van der Waals surface area contributed by atoms with Crippen LogP contribution in [0.4, 0.5) is 23.3 Å². The summed E-state index contributed by atoms with van der Waals surface area (Å²) in [6.07, 6.45) is 1.83. The number of sulfonamides is 1. The van der Waals surface area contributed by atoms with E-state index < -0.39 is 10.0 Å². The molecule has 1 atom stereocenters. The number of hydrogen-bond donors (Lipinski definition) is 3. The summed E-state index contributed by atoms with van der Waals surface area (Å²) in [5.74, 6) is 2.01. The van der Waals surface area contributed by atoms with Crippen LogP contribution in [0.1, 0.15) is 36.0 Å². The van der Waals surface area contributed by atoms with Gasteiger partial charge in [0.15, 0.2) is 0 Å². The molecule has 2 aliphatic rings. The summed E-state index contributed by atoms with van der Waals surface area (Å²) < 4.78 is 27.9. The zero-order valence-corrected chi connectivity index (χ0v) is 25.6. The molecule has 3 N–H and O–H groups in total. The molecule has 2 aliphatic heterocycles. The lowest BCUT2D eigenvalue weighted by molar-refractivity contribution is 0.188. The number of thioether (sulfide) groups is 1. The summed E-state index contributed by atoms with van der Waals surface area (Å²) in [5.41, 5.74) is 3.59. The van der Waals surface area contributed by atoms with E-state index >= 15 is 0 Å². The maximum Gasteiger partial charge on any atom is 0.243 e. The summed E-state index contributed by atoms with van der Waals surface area (Å²) >= 11 is 1.62. The van der Waals surface area contributed by atoms with Crippen LogP contribution in [0, 0.1) is 13.8 Å². The highest BCUT2D eigenvalue weighted by Crippen LogP contribution is 2.47. The van der Waals surface area contributed by atoms with Crippen molar-refractivity contribution in [3.8, 4) is 0 Å². The van der Waals surface area contributed by atoms with Crippen molar-refractivity contribution in [1.29, 1.82) is 0 Å². The third kappa shape index (κ3) is 6.59. The van der Waals surface area contributed by atoms with Gasteiger partial charge in [-0.25, -0.2) is 18.4 Å². The van der Waals surface area contributed by atoms with Crippen molar-refractivity contribution in [2.24, 2.45) is 0 Å². The van der Waals surface area contributed by atoms with Gasteiger partial charge >= 0.3 is 0 Å². The molecular weight excluding hydrogens is 560 g/mol. The van der Waals surface area contributed by atoms with Crippen molar-refractivity contribution in [3.63, 3.8) is 0 Å². The molecule has 2 aromatic heterocycles. The molecule has 0 amide bonds. The normalized spacial score (nSPS) is 17.5. The van der Waals surface area contributed by atoms with Crippen LogP contribution >= 0.6 is 11.8 Å². The van der Waals surface area contributed by atoms with Crippen molar-refractivity contribution in [3.05, 3.63) is 53.3 Å². The quantitative estimate of drug-likeness (QED) is 0.317. The monoisotopic (exact) mass is 598 g/mol. The molecule has 13 heteroatoms. The molecule has 0 bridgehead atoms. The van der Waals surface area contributed by atoms with Crippen LogP contribution in [0.25, 0.3) is 0 Å². The molecule has 0 radical (unpaired) electrons. The molecule has 11 nitrogen and oxygen atoms in total. The highest BCUT2D eigenvalue weighted by Gasteiger charge is 2.28. The number of hydrogen-bond acceptors (Lipinski definition) is 11. The molecule has 5 rings (SSSR count). The van der Waals surface area contributed by atoms with E-state index in [-0.39, 0.29) is 12.0 Å². The van der Waals surface area contributed by atoms with Gasteiger partial charge in [0.1, 0.15) is 17.0 Å². The summed E-state index contributed by atoms with van der Waals surface area (Å²) in [7, 11) is -3.56. The second kappa shape index (κ2) is 12.5. The average molecular weight is 599 g/mol. The van der Waals surface area contributed by atoms with Crippen LogP contribution in [-0.4, -0.2) is 90.1 Å². The van der Waals surface area contributed by atoms with Crippen LogP contribution in [0.2, 0.25) is 0 Å². The molecule has 1 saturated heterocycles. The fraction of sp³-hybridized carbons (Fsp3) is 0.464. The van der Waals surface area contributed by atoms with Gasteiger partial charge < -0.3 is 20.6 Å². The van der Waals surface area contributed by atoms with Crippen molar-refractivity contribution in [1.82, 2.24) is 24.2 Å². The predicted molar refractivity (Wildman–Crippen MR) is 164 cm³/mol. The van der Waals surface area contributed by atoms with Crippen molar-refractivity contribution in [2.75, 3.05) is 68.0 Å². The zero-order chi connectivity index (χ0) is 29.1. The van der Waals surface area contributed by atoms with E-state index in [9.17, 15) is 13.5 Å². The molecule has 220 valence electrons. The number of fused-ring (bicyclic) bond motifs is 1. The second-order valence-electron chi connectivity index (χ2n) is 10.2. The van der Waals surface area contributed by atoms with Gasteiger partial charge in [0.2, 0.25) is 16.0 Å². The smallest absolute Gasteiger partial charge is 0.243 e. The lowest BCUT2D eigenvalue weighted by Gasteiger charge is -2.34. The van der Waals surface area contributed by atoms with Gasteiger partial charge in [0.25, 0.3) is 0 Å². The van der Waals surface area contributed by atoms with Gasteiger partial charge in [-0.2, -0.15) is 9.29 Å². The topological polar surface area (TPSA) is 127 Å². The SMILES string of the molecule is CCN(CC)S(=O)(=O)c1cc(C)cc(C2Nc3cc(Nc4cc(C)nc(N5CCN(CCO)CC5)n4)ncc3S2)c1. The first kappa shape index (κ1) is 29.5. The first-order valence-corrected chi connectivity index (χ1v) is 16.3. The van der Waals surface area contributed by atoms with E-state index in [1.165, 1.54) is 4.31 Å². The lowest BCUT2D eigenvalue weighted by Crippen LogP contribution is -2.47. The second-order valence-corrected chi connectivity index (χ2v) is 13.3. The lowest BCUT2D eigenvalue weighted by atomic mass is 10.1. The summed E-state index contributed by atoms with van der Waals surface area (Å²) in [4.78, 5) is 19.7. The Bertz CT molecular complexity index is 1490. The summed E-state index contributed by atoms with van der Waals surface area (Å²) in [6, 6.07) is 9.39. The minimum absolute atomic E-state index is 0.134. The molecule has 1 fully saturated rings. The Morgan fingerprint density at radius 1 is 1.05 bits per heavy atom. The van der Waals surface area contributed by atoms with Crippen LogP contribution in [0.3, 0.4) is 0 Å². The van der Waals surface area contributed by atoms with E-state index in [1.54, 1.807) is 23.9 Å². The molecule has 1 unspecified atom stereocenters. The Morgan fingerprint density at radius 3 is 2.51 bits per heavy atom. The number of piperazine rings is 1. The van der Waals surface area contributed by atoms with Crippen LogP contribution in [0.15, 0.2) is 46.3 Å². The molecular formula is C28H38N8O3S2. The largest absolute Gasteiger partial charge is 0.395 e. The number of aryl methyl sites for hydroxylation is 2. The highest BCUT2D eigenvalue weighted by atomic mass is 32.2. The van der Waals surface area contributed by atoms with Crippen LogP contribution in [-0.2, 0) is 10.0 Å². The fourth-order valence-corrected chi connectivity index (χ4v) is 7.83.